The maximum Gasteiger partial charge on any atom is 0.268 e. The first-order valence-electron chi connectivity index (χ1n) is 9.98. The zero-order chi connectivity index (χ0) is 21.7. The average molecular weight is 409 g/mol. The molecule has 0 radical (unpaired) electrons. The maximum atomic E-state index is 12.6. The summed E-state index contributed by atoms with van der Waals surface area (Å²) in [6.07, 6.45) is 3.84. The van der Waals surface area contributed by atoms with Crippen LogP contribution in [0.25, 0.3) is 10.5 Å². The molecule has 0 unspecified atom stereocenters. The fourth-order valence-electron chi connectivity index (χ4n) is 3.51. The smallest absolute Gasteiger partial charge is 0.268 e. The van der Waals surface area contributed by atoms with E-state index in [0.717, 1.165) is 24.1 Å². The summed E-state index contributed by atoms with van der Waals surface area (Å²) in [6, 6.07) is 3.70. The Hall–Kier alpha value is -3.38. The van der Waals surface area contributed by atoms with E-state index in [-0.39, 0.29) is 17.1 Å². The second-order valence-electron chi connectivity index (χ2n) is 7.01. The lowest BCUT2D eigenvalue weighted by molar-refractivity contribution is 0.190. The van der Waals surface area contributed by atoms with E-state index >= 15 is 0 Å². The van der Waals surface area contributed by atoms with Crippen LogP contribution < -0.4 is 16.6 Å². The Labute approximate surface area is 175 Å². The molecule has 3 rings (SSSR count). The van der Waals surface area contributed by atoms with Crippen LogP contribution in [0.1, 0.15) is 30.2 Å². The molecule has 0 saturated carbocycles. The Morgan fingerprint density at radius 3 is 2.90 bits per heavy atom. The number of aryl methyl sites for hydroxylation is 3. The van der Waals surface area contributed by atoms with Crippen molar-refractivity contribution >= 4 is 23.0 Å². The van der Waals surface area contributed by atoms with Crippen LogP contribution in [0.3, 0.4) is 0 Å². The summed E-state index contributed by atoms with van der Waals surface area (Å²) in [4.78, 5) is 20.8. The zero-order valence-corrected chi connectivity index (χ0v) is 17.6. The van der Waals surface area contributed by atoms with Gasteiger partial charge < -0.3 is 20.4 Å². The molecule has 30 heavy (non-hydrogen) atoms. The number of nitrogens with one attached hydrogen (secondary N) is 1. The fraction of sp³-hybridized carbons (Fsp3) is 0.429. The summed E-state index contributed by atoms with van der Waals surface area (Å²) in [5.74, 6) is 0.682. The normalized spacial score (nSPS) is 11.0. The average Bonchev–Trinajstić information content (AvgIpc) is 3.06. The molecule has 0 spiro atoms. The van der Waals surface area contributed by atoms with Crippen molar-refractivity contribution in [1.29, 1.82) is 0 Å². The van der Waals surface area contributed by atoms with Gasteiger partial charge in [-0.2, -0.15) is 5.10 Å². The predicted molar refractivity (Wildman–Crippen MR) is 117 cm³/mol. The summed E-state index contributed by atoms with van der Waals surface area (Å²) in [6.45, 7) is 13.1. The van der Waals surface area contributed by atoms with Crippen LogP contribution in [0.4, 0.5) is 17.3 Å². The van der Waals surface area contributed by atoms with Gasteiger partial charge in [-0.15, -0.1) is 0 Å². The van der Waals surface area contributed by atoms with Gasteiger partial charge in [0.2, 0.25) is 0 Å². The molecule has 0 amide bonds. The first kappa shape index (κ1) is 21.3. The van der Waals surface area contributed by atoms with Crippen LogP contribution in [0.15, 0.2) is 23.1 Å². The van der Waals surface area contributed by atoms with Crippen LogP contribution in [0.5, 0.6) is 0 Å². The Bertz CT molecular complexity index is 1140. The summed E-state index contributed by atoms with van der Waals surface area (Å²) < 4.78 is 8.28. The number of pyridine rings is 1. The molecule has 0 aromatic carbocycles. The molecule has 0 saturated heterocycles. The highest BCUT2D eigenvalue weighted by atomic mass is 16.5. The van der Waals surface area contributed by atoms with E-state index in [4.69, 9.17) is 17.0 Å². The first-order valence-corrected chi connectivity index (χ1v) is 9.98. The van der Waals surface area contributed by atoms with Gasteiger partial charge in [0.25, 0.3) is 11.2 Å². The third-order valence-electron chi connectivity index (χ3n) is 5.07. The minimum Gasteiger partial charge on any atom is -0.392 e. The number of fused-ring (bicyclic) bond motifs is 1. The standard InChI is InChI=1S/C21H27N7O2/c1-5-16-14(2)26-28-18(22)17(23-3)19(25-20(16)28)24-10-9-15-8-6-11-27(21(15)29)12-7-13-30-4/h6,8,11H,5,7,9-10,12-13,22H2,1-2,4H3,(H,24,25). The van der Waals surface area contributed by atoms with E-state index in [0.29, 0.717) is 43.1 Å². The van der Waals surface area contributed by atoms with Gasteiger partial charge in [-0.3, -0.25) is 4.79 Å². The molecule has 0 aliphatic rings. The van der Waals surface area contributed by atoms with Gasteiger partial charge in [0.15, 0.2) is 5.65 Å². The topological polar surface area (TPSA) is 104 Å². The molecular weight excluding hydrogens is 382 g/mol. The Morgan fingerprint density at radius 1 is 1.40 bits per heavy atom. The van der Waals surface area contributed by atoms with Crippen molar-refractivity contribution in [3.63, 3.8) is 0 Å². The van der Waals surface area contributed by atoms with Gasteiger partial charge in [-0.25, -0.2) is 14.3 Å². The molecule has 9 nitrogen and oxygen atoms in total. The monoisotopic (exact) mass is 409 g/mol. The van der Waals surface area contributed by atoms with Gasteiger partial charge in [0.05, 0.1) is 12.3 Å². The van der Waals surface area contributed by atoms with Crippen molar-refractivity contribution in [2.24, 2.45) is 0 Å². The number of hydrogen-bond donors (Lipinski definition) is 2. The van der Waals surface area contributed by atoms with Crippen molar-refractivity contribution < 1.29 is 4.74 Å². The SMILES string of the molecule is [C-]#[N+]c1c(NCCc2cccn(CCCOC)c2=O)nc2c(CC)c(C)nn2c1N. The maximum absolute atomic E-state index is 12.6. The number of nitrogens with two attached hydrogens (primary N) is 1. The Kier molecular flexibility index (Phi) is 6.69. The molecular formula is C21H27N7O2. The molecule has 0 bridgehead atoms. The lowest BCUT2D eigenvalue weighted by Crippen LogP contribution is -2.25. The van der Waals surface area contributed by atoms with E-state index in [1.54, 1.807) is 17.9 Å². The second kappa shape index (κ2) is 9.41. The van der Waals surface area contributed by atoms with E-state index in [9.17, 15) is 4.79 Å². The summed E-state index contributed by atoms with van der Waals surface area (Å²) >= 11 is 0. The molecule has 0 atom stereocenters. The molecule has 158 valence electrons. The van der Waals surface area contributed by atoms with Crippen molar-refractivity contribution in [3.8, 4) is 0 Å². The molecule has 0 aliphatic heterocycles. The predicted octanol–water partition coefficient (Wildman–Crippen LogP) is 2.59. The molecule has 3 heterocycles. The number of ether oxygens (including phenoxy) is 1. The van der Waals surface area contributed by atoms with Crippen molar-refractivity contribution in [1.82, 2.24) is 19.2 Å². The largest absolute Gasteiger partial charge is 0.392 e. The summed E-state index contributed by atoms with van der Waals surface area (Å²) in [5, 5.41) is 7.61. The van der Waals surface area contributed by atoms with E-state index in [1.165, 1.54) is 4.52 Å². The fourth-order valence-corrected chi connectivity index (χ4v) is 3.51. The van der Waals surface area contributed by atoms with Crippen LogP contribution in [-0.4, -0.2) is 39.4 Å². The van der Waals surface area contributed by atoms with Crippen molar-refractivity contribution in [2.75, 3.05) is 31.3 Å². The van der Waals surface area contributed by atoms with Gasteiger partial charge in [-0.1, -0.05) is 13.0 Å². The molecule has 3 aromatic rings. The highest BCUT2D eigenvalue weighted by Gasteiger charge is 2.18. The van der Waals surface area contributed by atoms with E-state index in [2.05, 4.69) is 20.2 Å². The quantitative estimate of drug-likeness (QED) is 0.416. The minimum absolute atomic E-state index is 0.0107. The number of methoxy groups -OCH3 is 1. The lowest BCUT2D eigenvalue weighted by Gasteiger charge is -2.12. The molecule has 3 N–H and O–H groups in total. The van der Waals surface area contributed by atoms with Crippen LogP contribution in [0, 0.1) is 13.5 Å². The zero-order valence-electron chi connectivity index (χ0n) is 17.6. The summed E-state index contributed by atoms with van der Waals surface area (Å²) in [5.41, 5.74) is 9.63. The molecule has 0 fully saturated rings. The van der Waals surface area contributed by atoms with Crippen molar-refractivity contribution in [2.45, 2.75) is 39.7 Å². The lowest BCUT2D eigenvalue weighted by atomic mass is 10.2. The van der Waals surface area contributed by atoms with E-state index < -0.39 is 0 Å². The molecule has 3 aromatic heterocycles. The van der Waals surface area contributed by atoms with Gasteiger partial charge in [0.1, 0.15) is 11.6 Å². The van der Waals surface area contributed by atoms with Gasteiger partial charge >= 0.3 is 0 Å². The molecule has 9 heteroatoms. The minimum atomic E-state index is -0.0107. The van der Waals surface area contributed by atoms with Crippen LogP contribution in [0.2, 0.25) is 0 Å². The van der Waals surface area contributed by atoms with Crippen LogP contribution in [-0.2, 0) is 24.1 Å². The number of nitrogen functional groups attached to an aromatic ring is 1. The number of aromatic nitrogens is 4. The third kappa shape index (κ3) is 4.14. The van der Waals surface area contributed by atoms with Gasteiger partial charge in [-0.05, 0) is 32.3 Å². The van der Waals surface area contributed by atoms with Crippen molar-refractivity contribution in [3.05, 3.63) is 56.9 Å². The molecule has 0 aliphatic carbocycles. The van der Waals surface area contributed by atoms with E-state index in [1.807, 2.05) is 26.0 Å². The number of rotatable bonds is 9. The Balaban J connectivity index is 1.80. The number of anilines is 2. The number of hydrogen-bond acceptors (Lipinski definition) is 6. The summed E-state index contributed by atoms with van der Waals surface area (Å²) in [7, 11) is 1.65. The van der Waals surface area contributed by atoms with Gasteiger partial charge in [0, 0.05) is 44.1 Å². The number of nitrogens with zero attached hydrogens (tertiary/aromatic N) is 5. The Morgan fingerprint density at radius 2 is 2.20 bits per heavy atom. The third-order valence-corrected chi connectivity index (χ3v) is 5.07. The second-order valence-corrected chi connectivity index (χ2v) is 7.01. The highest BCUT2D eigenvalue weighted by molar-refractivity contribution is 5.80. The first-order chi connectivity index (χ1) is 14.5. The van der Waals surface area contributed by atoms with Crippen LogP contribution >= 0.6 is 0 Å². The highest BCUT2D eigenvalue weighted by Crippen LogP contribution is 2.32.